The molecule has 0 atom stereocenters. The molecule has 1 aliphatic rings. The number of aromatic nitrogens is 1. The van der Waals surface area contributed by atoms with Crippen LogP contribution in [0.2, 0.25) is 5.15 Å². The molecule has 0 radical (unpaired) electrons. The Balaban J connectivity index is 1.21. The smallest absolute Gasteiger partial charge is 0.253 e. The van der Waals surface area contributed by atoms with Crippen molar-refractivity contribution in [3.8, 4) is 0 Å². The fourth-order valence-electron chi connectivity index (χ4n) is 4.68. The number of halogens is 2. The number of anilines is 2. The summed E-state index contributed by atoms with van der Waals surface area (Å²) in [5, 5.41) is 1.35. The van der Waals surface area contributed by atoms with Crippen molar-refractivity contribution in [3.63, 3.8) is 0 Å². The second kappa shape index (κ2) is 12.7. The summed E-state index contributed by atoms with van der Waals surface area (Å²) in [5.41, 5.74) is 5.28. The molecule has 41 heavy (non-hydrogen) atoms. The van der Waals surface area contributed by atoms with Crippen molar-refractivity contribution in [3.05, 3.63) is 124 Å². The van der Waals surface area contributed by atoms with E-state index in [1.165, 1.54) is 12.3 Å². The molecule has 5 rings (SSSR count). The van der Waals surface area contributed by atoms with E-state index in [0.717, 1.165) is 5.01 Å². The summed E-state index contributed by atoms with van der Waals surface area (Å²) in [7, 11) is 0. The average Bonchev–Trinajstić information content (AvgIpc) is 3.02. The van der Waals surface area contributed by atoms with Gasteiger partial charge in [0, 0.05) is 55.0 Å². The van der Waals surface area contributed by atoms with Crippen LogP contribution < -0.4 is 10.4 Å². The van der Waals surface area contributed by atoms with Crippen molar-refractivity contribution < 1.29 is 18.8 Å². The minimum absolute atomic E-state index is 0.0752. The number of piperazine rings is 1. The monoisotopic (exact) mass is 571 g/mol. The Morgan fingerprint density at radius 2 is 1.61 bits per heavy atom. The van der Waals surface area contributed by atoms with Crippen molar-refractivity contribution in [2.75, 3.05) is 36.6 Å². The number of pyridine rings is 1. The van der Waals surface area contributed by atoms with Gasteiger partial charge in [-0.1, -0.05) is 66.2 Å². The lowest BCUT2D eigenvalue weighted by Crippen LogP contribution is -2.48. The molecule has 10 heteroatoms. The first kappa shape index (κ1) is 27.9. The van der Waals surface area contributed by atoms with Gasteiger partial charge in [0.15, 0.2) is 11.6 Å². The number of rotatable bonds is 9. The average molecular weight is 572 g/mol. The van der Waals surface area contributed by atoms with Crippen LogP contribution in [0.3, 0.4) is 0 Å². The zero-order chi connectivity index (χ0) is 28.8. The number of nitrogens with zero attached hydrogens (tertiary/aromatic N) is 4. The van der Waals surface area contributed by atoms with Gasteiger partial charge in [-0.05, 0) is 30.3 Å². The SMILES string of the molecule is O=CN(Nc1ccc(Cl)nc1)c1cccc(CN2CCN(C(=O)c3cccc(C(=O)c4ccccc4)c3)CC2)c1F. The Kier molecular flexibility index (Phi) is 8.67. The first-order valence-electron chi connectivity index (χ1n) is 13.0. The van der Waals surface area contributed by atoms with Gasteiger partial charge in [0.05, 0.1) is 11.9 Å². The molecule has 1 aliphatic heterocycles. The summed E-state index contributed by atoms with van der Waals surface area (Å²) in [6.45, 7) is 2.33. The predicted molar refractivity (Wildman–Crippen MR) is 155 cm³/mol. The second-order valence-corrected chi connectivity index (χ2v) is 9.94. The quantitative estimate of drug-likeness (QED) is 0.131. The molecule has 1 saturated heterocycles. The third kappa shape index (κ3) is 6.59. The molecule has 4 aromatic rings. The van der Waals surface area contributed by atoms with Gasteiger partial charge in [-0.2, -0.15) is 0 Å². The van der Waals surface area contributed by atoms with E-state index >= 15 is 4.39 Å². The highest BCUT2D eigenvalue weighted by molar-refractivity contribution is 6.29. The predicted octanol–water partition coefficient (Wildman–Crippen LogP) is 5.05. The summed E-state index contributed by atoms with van der Waals surface area (Å²) >= 11 is 5.81. The minimum Gasteiger partial charge on any atom is -0.336 e. The maximum atomic E-state index is 15.5. The lowest BCUT2D eigenvalue weighted by molar-refractivity contribution is -0.107. The molecule has 0 unspecified atom stereocenters. The van der Waals surface area contributed by atoms with Crippen molar-refractivity contribution >= 4 is 41.1 Å². The van der Waals surface area contributed by atoms with Gasteiger partial charge in [-0.25, -0.2) is 14.4 Å². The first-order chi connectivity index (χ1) is 19.9. The number of carbonyl (C=O) groups excluding carboxylic acids is 3. The number of hydrogen-bond acceptors (Lipinski definition) is 6. The Hall–Kier alpha value is -4.60. The van der Waals surface area contributed by atoms with E-state index in [2.05, 4.69) is 15.3 Å². The van der Waals surface area contributed by atoms with Crippen LogP contribution >= 0.6 is 11.6 Å². The fourth-order valence-corrected chi connectivity index (χ4v) is 4.79. The van der Waals surface area contributed by atoms with Gasteiger partial charge >= 0.3 is 0 Å². The molecule has 1 fully saturated rings. The molecule has 1 N–H and O–H groups in total. The van der Waals surface area contributed by atoms with Crippen LogP contribution in [-0.2, 0) is 11.3 Å². The normalized spacial score (nSPS) is 13.5. The number of carbonyl (C=O) groups is 3. The zero-order valence-corrected chi connectivity index (χ0v) is 22.8. The van der Waals surface area contributed by atoms with Crippen molar-refractivity contribution in [2.45, 2.75) is 6.54 Å². The van der Waals surface area contributed by atoms with Crippen LogP contribution in [-0.4, -0.2) is 59.1 Å². The number of amides is 2. The molecule has 1 aromatic heterocycles. The largest absolute Gasteiger partial charge is 0.336 e. The molecule has 8 nitrogen and oxygen atoms in total. The molecule has 0 bridgehead atoms. The van der Waals surface area contributed by atoms with Crippen LogP contribution in [0.25, 0.3) is 0 Å². The van der Waals surface area contributed by atoms with Crippen molar-refractivity contribution in [2.24, 2.45) is 0 Å². The maximum absolute atomic E-state index is 15.5. The van der Waals surface area contributed by atoms with E-state index in [0.29, 0.717) is 72.2 Å². The topological polar surface area (TPSA) is 85.8 Å². The number of ketones is 1. The van der Waals surface area contributed by atoms with Crippen LogP contribution in [0, 0.1) is 5.82 Å². The van der Waals surface area contributed by atoms with Crippen LogP contribution in [0.15, 0.2) is 91.1 Å². The zero-order valence-electron chi connectivity index (χ0n) is 22.0. The number of hydrogen-bond donors (Lipinski definition) is 1. The molecule has 2 amide bonds. The third-order valence-corrected chi connectivity index (χ3v) is 7.08. The van der Waals surface area contributed by atoms with Gasteiger partial charge in [0.2, 0.25) is 6.41 Å². The van der Waals surface area contributed by atoms with E-state index in [1.807, 2.05) is 6.07 Å². The summed E-state index contributed by atoms with van der Waals surface area (Å²) in [6, 6.07) is 23.8. The van der Waals surface area contributed by atoms with Crippen LogP contribution in [0.4, 0.5) is 15.8 Å². The summed E-state index contributed by atoms with van der Waals surface area (Å²) < 4.78 is 15.5. The standard InChI is InChI=1S/C31H27ClFN5O3/c32-28-13-12-26(19-34-28)35-38(21-39)27-11-5-10-25(29(27)33)20-36-14-16-37(17-15-36)31(41)24-9-4-8-23(18-24)30(40)22-6-2-1-3-7-22/h1-13,18-19,21,35H,14-17,20H2. The third-order valence-electron chi connectivity index (χ3n) is 6.86. The maximum Gasteiger partial charge on any atom is 0.253 e. The van der Waals surface area contributed by atoms with E-state index < -0.39 is 5.82 Å². The summed E-state index contributed by atoms with van der Waals surface area (Å²) in [5.74, 6) is -0.806. The van der Waals surface area contributed by atoms with Crippen LogP contribution in [0.1, 0.15) is 31.8 Å². The summed E-state index contributed by atoms with van der Waals surface area (Å²) in [6.07, 6.45) is 1.93. The molecule has 208 valence electrons. The van der Waals surface area contributed by atoms with Gasteiger partial charge in [-0.3, -0.25) is 24.7 Å². The summed E-state index contributed by atoms with van der Waals surface area (Å²) in [4.78, 5) is 45.6. The number of benzene rings is 3. The highest BCUT2D eigenvalue weighted by atomic mass is 35.5. The van der Waals surface area contributed by atoms with Crippen molar-refractivity contribution in [1.29, 1.82) is 0 Å². The van der Waals surface area contributed by atoms with Crippen LogP contribution in [0.5, 0.6) is 0 Å². The second-order valence-electron chi connectivity index (χ2n) is 9.55. The minimum atomic E-state index is -0.521. The van der Waals surface area contributed by atoms with Gasteiger partial charge in [0.1, 0.15) is 10.8 Å². The van der Waals surface area contributed by atoms with E-state index in [9.17, 15) is 14.4 Å². The molecule has 3 aromatic carbocycles. The molecule has 0 saturated carbocycles. The first-order valence-corrected chi connectivity index (χ1v) is 13.4. The van der Waals surface area contributed by atoms with Gasteiger partial charge < -0.3 is 4.90 Å². The molecule has 0 spiro atoms. The lowest BCUT2D eigenvalue weighted by atomic mass is 10.0. The van der Waals surface area contributed by atoms with E-state index in [4.69, 9.17) is 11.6 Å². The van der Waals surface area contributed by atoms with Gasteiger partial charge in [-0.15, -0.1) is 0 Å². The Labute approximate surface area is 241 Å². The molecular formula is C31H27ClFN5O3. The number of hydrazine groups is 1. The highest BCUT2D eigenvalue weighted by Gasteiger charge is 2.24. The molecular weight excluding hydrogens is 545 g/mol. The fraction of sp³-hybridized carbons (Fsp3) is 0.161. The van der Waals surface area contributed by atoms with E-state index in [1.54, 1.807) is 77.7 Å². The Morgan fingerprint density at radius 3 is 2.32 bits per heavy atom. The van der Waals surface area contributed by atoms with Gasteiger partial charge in [0.25, 0.3) is 5.91 Å². The molecule has 0 aliphatic carbocycles. The lowest BCUT2D eigenvalue weighted by Gasteiger charge is -2.35. The van der Waals surface area contributed by atoms with E-state index in [-0.39, 0.29) is 17.4 Å². The Bertz CT molecular complexity index is 1540. The Morgan fingerprint density at radius 1 is 0.902 bits per heavy atom. The molecule has 2 heterocycles. The highest BCUT2D eigenvalue weighted by Crippen LogP contribution is 2.24. The van der Waals surface area contributed by atoms with Crippen molar-refractivity contribution in [1.82, 2.24) is 14.8 Å². The number of nitrogens with one attached hydrogen (secondary N) is 1.